The molecular weight excluding hydrogens is 200 g/mol. The number of hydrogen-bond donors (Lipinski definition) is 0. The molecule has 0 N–H and O–H groups in total. The van der Waals surface area contributed by atoms with Gasteiger partial charge < -0.3 is 0 Å². The number of ketones is 1. The lowest BCUT2D eigenvalue weighted by molar-refractivity contribution is -0.128. The second-order valence-electron chi connectivity index (χ2n) is 5.20. The largest absolute Gasteiger partial charge is 0.299 e. The lowest BCUT2D eigenvalue weighted by Crippen LogP contribution is -2.31. The summed E-state index contributed by atoms with van der Waals surface area (Å²) >= 11 is 0. The molecule has 0 spiro atoms. The first-order valence-corrected chi connectivity index (χ1v) is 6.12. The molecule has 1 aliphatic carbocycles. The van der Waals surface area contributed by atoms with E-state index in [1.54, 1.807) is 4.68 Å². The van der Waals surface area contributed by atoms with Gasteiger partial charge >= 0.3 is 0 Å². The van der Waals surface area contributed by atoms with Crippen LogP contribution in [0, 0.1) is 5.41 Å². The van der Waals surface area contributed by atoms with E-state index in [4.69, 9.17) is 0 Å². The Morgan fingerprint density at radius 3 is 2.69 bits per heavy atom. The summed E-state index contributed by atoms with van der Waals surface area (Å²) in [5, 5.41) is 4.27. The van der Waals surface area contributed by atoms with Crippen LogP contribution in [0.5, 0.6) is 0 Å². The molecule has 0 aliphatic heterocycles. The number of rotatable bonds is 3. The second kappa shape index (κ2) is 4.40. The van der Waals surface area contributed by atoms with Crippen LogP contribution in [0.4, 0.5) is 0 Å². The van der Waals surface area contributed by atoms with E-state index in [0.717, 1.165) is 18.5 Å². The molecule has 0 saturated heterocycles. The smallest absolute Gasteiger partial charge is 0.144 e. The van der Waals surface area contributed by atoms with Crippen LogP contribution in [0.1, 0.15) is 44.7 Å². The third kappa shape index (κ3) is 2.34. The summed E-state index contributed by atoms with van der Waals surface area (Å²) in [5.41, 5.74) is 0.815. The first kappa shape index (κ1) is 11.4. The molecule has 0 aromatic carbocycles. The summed E-state index contributed by atoms with van der Waals surface area (Å²) < 4.78 is 1.76. The first-order valence-electron chi connectivity index (χ1n) is 6.12. The van der Waals surface area contributed by atoms with Crippen molar-refractivity contribution in [1.82, 2.24) is 9.78 Å². The fraction of sp³-hybridized carbons (Fsp3) is 0.692. The molecule has 1 aliphatic rings. The number of aromatic nitrogens is 2. The summed E-state index contributed by atoms with van der Waals surface area (Å²) in [4.78, 5) is 12.2. The fourth-order valence-electron chi connectivity index (χ4n) is 2.55. The third-order valence-corrected chi connectivity index (χ3v) is 3.74. The van der Waals surface area contributed by atoms with Gasteiger partial charge in [-0.05, 0) is 18.9 Å². The Morgan fingerprint density at radius 1 is 1.44 bits per heavy atom. The van der Waals surface area contributed by atoms with Crippen molar-refractivity contribution in [3.63, 3.8) is 0 Å². The van der Waals surface area contributed by atoms with E-state index in [0.29, 0.717) is 12.2 Å². The van der Waals surface area contributed by atoms with E-state index in [1.807, 2.05) is 19.3 Å². The van der Waals surface area contributed by atoms with E-state index in [-0.39, 0.29) is 5.41 Å². The molecule has 3 nitrogen and oxygen atoms in total. The van der Waals surface area contributed by atoms with Crippen LogP contribution < -0.4 is 0 Å². The van der Waals surface area contributed by atoms with Gasteiger partial charge in [0.05, 0.1) is 12.1 Å². The molecule has 88 valence electrons. The van der Waals surface area contributed by atoms with Crippen molar-refractivity contribution in [2.45, 2.75) is 45.4 Å². The van der Waals surface area contributed by atoms with Gasteiger partial charge in [0.15, 0.2) is 0 Å². The summed E-state index contributed by atoms with van der Waals surface area (Å²) in [6.07, 6.45) is 8.18. The quantitative estimate of drug-likeness (QED) is 0.784. The van der Waals surface area contributed by atoms with E-state index in [1.165, 1.54) is 19.3 Å². The molecule has 3 heteroatoms. The van der Waals surface area contributed by atoms with Gasteiger partial charge in [0.25, 0.3) is 0 Å². The highest BCUT2D eigenvalue weighted by atomic mass is 16.1. The van der Waals surface area contributed by atoms with E-state index >= 15 is 0 Å². The van der Waals surface area contributed by atoms with Crippen molar-refractivity contribution in [1.29, 1.82) is 0 Å². The zero-order valence-corrected chi connectivity index (χ0v) is 10.2. The highest BCUT2D eigenvalue weighted by molar-refractivity contribution is 5.86. The van der Waals surface area contributed by atoms with Crippen molar-refractivity contribution in [3.05, 3.63) is 18.0 Å². The molecule has 0 unspecified atom stereocenters. The van der Waals surface area contributed by atoms with Gasteiger partial charge in [-0.2, -0.15) is 5.10 Å². The second-order valence-corrected chi connectivity index (χ2v) is 5.20. The lowest BCUT2D eigenvalue weighted by atomic mass is 9.72. The Kier molecular flexibility index (Phi) is 3.13. The Hall–Kier alpha value is -1.12. The molecule has 2 rings (SSSR count). The normalized spacial score (nSPS) is 19.6. The maximum atomic E-state index is 12.2. The number of nitrogens with zero attached hydrogens (tertiary/aromatic N) is 2. The Balaban J connectivity index is 2.01. The number of hydrogen-bond acceptors (Lipinski definition) is 2. The Bertz CT molecular complexity index is 375. The molecule has 0 amide bonds. The molecule has 1 heterocycles. The molecule has 16 heavy (non-hydrogen) atoms. The molecule has 1 saturated carbocycles. The molecule has 0 bridgehead atoms. The van der Waals surface area contributed by atoms with Crippen LogP contribution in [-0.2, 0) is 18.3 Å². The van der Waals surface area contributed by atoms with Gasteiger partial charge in [-0.1, -0.05) is 26.2 Å². The van der Waals surface area contributed by atoms with Gasteiger partial charge in [0.2, 0.25) is 0 Å². The number of carbonyl (C=O) groups is 1. The molecule has 0 atom stereocenters. The standard InChI is InChI=1S/C13H20N2O/c1-13(7-4-3-5-8-13)12(16)10-11-6-9-15(2)14-11/h6,9H,3-5,7-8,10H2,1-2H3. The van der Waals surface area contributed by atoms with Gasteiger partial charge in [0, 0.05) is 18.7 Å². The average molecular weight is 220 g/mol. The molecular formula is C13H20N2O. The molecule has 1 fully saturated rings. The number of aryl methyl sites for hydroxylation is 1. The number of carbonyl (C=O) groups excluding carboxylic acids is 1. The van der Waals surface area contributed by atoms with Crippen LogP contribution in [-0.4, -0.2) is 15.6 Å². The van der Waals surface area contributed by atoms with Crippen molar-refractivity contribution in [2.75, 3.05) is 0 Å². The molecule has 1 aromatic heterocycles. The predicted octanol–water partition coefficient (Wildman–Crippen LogP) is 2.50. The van der Waals surface area contributed by atoms with Crippen LogP contribution in [0.25, 0.3) is 0 Å². The number of Topliss-reactive ketones (excluding diaryl/α,β-unsaturated/α-hetero) is 1. The van der Waals surface area contributed by atoms with Gasteiger partial charge in [-0.3, -0.25) is 9.48 Å². The summed E-state index contributed by atoms with van der Waals surface area (Å²) in [5.74, 6) is 0.367. The highest BCUT2D eigenvalue weighted by Gasteiger charge is 2.34. The van der Waals surface area contributed by atoms with Gasteiger partial charge in [0.1, 0.15) is 5.78 Å². The predicted molar refractivity (Wildman–Crippen MR) is 63.1 cm³/mol. The van der Waals surface area contributed by atoms with Crippen LogP contribution >= 0.6 is 0 Å². The van der Waals surface area contributed by atoms with Crippen molar-refractivity contribution < 1.29 is 4.79 Å². The van der Waals surface area contributed by atoms with Gasteiger partial charge in [-0.25, -0.2) is 0 Å². The van der Waals surface area contributed by atoms with Crippen molar-refractivity contribution >= 4 is 5.78 Å². The molecule has 1 aromatic rings. The maximum Gasteiger partial charge on any atom is 0.144 e. The summed E-state index contributed by atoms with van der Waals surface area (Å²) in [7, 11) is 1.89. The average Bonchev–Trinajstić information content (AvgIpc) is 2.65. The van der Waals surface area contributed by atoms with Crippen LogP contribution in [0.3, 0.4) is 0 Å². The maximum absolute atomic E-state index is 12.2. The van der Waals surface area contributed by atoms with E-state index < -0.39 is 0 Å². The van der Waals surface area contributed by atoms with Gasteiger partial charge in [-0.15, -0.1) is 0 Å². The minimum Gasteiger partial charge on any atom is -0.299 e. The highest BCUT2D eigenvalue weighted by Crippen LogP contribution is 2.37. The minimum absolute atomic E-state index is 0.0875. The first-order chi connectivity index (χ1) is 7.60. The minimum atomic E-state index is -0.0875. The van der Waals surface area contributed by atoms with Crippen LogP contribution in [0.2, 0.25) is 0 Å². The summed E-state index contributed by atoms with van der Waals surface area (Å²) in [6, 6.07) is 1.93. The molecule has 0 radical (unpaired) electrons. The Labute approximate surface area is 96.8 Å². The van der Waals surface area contributed by atoms with Crippen molar-refractivity contribution in [2.24, 2.45) is 12.5 Å². The summed E-state index contributed by atoms with van der Waals surface area (Å²) in [6.45, 7) is 2.12. The third-order valence-electron chi connectivity index (χ3n) is 3.74. The van der Waals surface area contributed by atoms with E-state index in [9.17, 15) is 4.79 Å². The SMILES string of the molecule is Cn1ccc(CC(=O)C2(C)CCCCC2)n1. The Morgan fingerprint density at radius 2 is 2.12 bits per heavy atom. The van der Waals surface area contributed by atoms with E-state index in [2.05, 4.69) is 12.0 Å². The zero-order valence-electron chi connectivity index (χ0n) is 10.2. The topological polar surface area (TPSA) is 34.9 Å². The zero-order chi connectivity index (χ0) is 11.6. The van der Waals surface area contributed by atoms with Crippen LogP contribution in [0.15, 0.2) is 12.3 Å². The monoisotopic (exact) mass is 220 g/mol. The van der Waals surface area contributed by atoms with Crippen molar-refractivity contribution in [3.8, 4) is 0 Å². The lowest BCUT2D eigenvalue weighted by Gasteiger charge is -2.31. The fourth-order valence-corrected chi connectivity index (χ4v) is 2.55.